The Morgan fingerprint density at radius 3 is 2.50 bits per heavy atom. The van der Waals surface area contributed by atoms with Gasteiger partial charge in [-0.1, -0.05) is 19.9 Å². The molecule has 20 heavy (non-hydrogen) atoms. The predicted molar refractivity (Wildman–Crippen MR) is 80.0 cm³/mol. The van der Waals surface area contributed by atoms with Gasteiger partial charge >= 0.3 is 5.97 Å². The highest BCUT2D eigenvalue weighted by Gasteiger charge is 2.29. The fourth-order valence-electron chi connectivity index (χ4n) is 1.87. The van der Waals surface area contributed by atoms with Crippen molar-refractivity contribution in [1.29, 1.82) is 0 Å². The van der Waals surface area contributed by atoms with E-state index in [1.54, 1.807) is 14.0 Å². The lowest BCUT2D eigenvalue weighted by atomic mass is 9.80. The Hall–Kier alpha value is -1.36. The summed E-state index contributed by atoms with van der Waals surface area (Å²) in [5.74, 6) is -0.595. The number of carbonyl (C=O) groups excluding carboxylic acids is 2. The van der Waals surface area contributed by atoms with Gasteiger partial charge in [0.05, 0.1) is 18.2 Å². The zero-order valence-corrected chi connectivity index (χ0v) is 13.7. The first-order valence-corrected chi connectivity index (χ1v) is 7.15. The van der Waals surface area contributed by atoms with Crippen LogP contribution in [0.5, 0.6) is 5.75 Å². The number of ether oxygens (including phenoxy) is 2. The molecule has 5 heteroatoms. The topological polar surface area (TPSA) is 52.6 Å². The van der Waals surface area contributed by atoms with Gasteiger partial charge in [0.2, 0.25) is 5.78 Å². The molecule has 0 N–H and O–H groups in total. The number of hydrogen-bond acceptors (Lipinski definition) is 4. The third-order valence-corrected chi connectivity index (χ3v) is 3.69. The molecule has 0 aromatic heterocycles. The molecule has 0 aliphatic heterocycles. The molecule has 1 rings (SSSR count). The molecule has 0 atom stereocenters. The monoisotopic (exact) mass is 342 g/mol. The van der Waals surface area contributed by atoms with Crippen molar-refractivity contribution in [2.45, 2.75) is 32.6 Å². The van der Waals surface area contributed by atoms with E-state index < -0.39 is 17.2 Å². The number of rotatable bonds is 6. The summed E-state index contributed by atoms with van der Waals surface area (Å²) in [6.45, 7) is 5.70. The van der Waals surface area contributed by atoms with Crippen LogP contribution in [0.1, 0.15) is 32.8 Å². The normalized spacial score (nSPS) is 11.1. The maximum Gasteiger partial charge on any atom is 0.374 e. The van der Waals surface area contributed by atoms with Gasteiger partial charge in [0.25, 0.3) is 0 Å². The number of hydrogen-bond donors (Lipinski definition) is 0. The van der Waals surface area contributed by atoms with E-state index in [1.807, 2.05) is 32.0 Å². The zero-order valence-electron chi connectivity index (χ0n) is 12.2. The zero-order chi connectivity index (χ0) is 15.3. The second-order valence-corrected chi connectivity index (χ2v) is 5.91. The average molecular weight is 343 g/mol. The van der Waals surface area contributed by atoms with E-state index in [1.165, 1.54) is 0 Å². The molecule has 0 saturated carbocycles. The van der Waals surface area contributed by atoms with Crippen LogP contribution in [0.2, 0.25) is 0 Å². The summed E-state index contributed by atoms with van der Waals surface area (Å²) in [6, 6.07) is 5.64. The van der Waals surface area contributed by atoms with Crippen LogP contribution in [0.4, 0.5) is 0 Å². The molecule has 0 aliphatic rings. The lowest BCUT2D eigenvalue weighted by molar-refractivity contribution is -0.154. The van der Waals surface area contributed by atoms with Gasteiger partial charge in [-0.2, -0.15) is 0 Å². The third kappa shape index (κ3) is 4.07. The summed E-state index contributed by atoms with van der Waals surface area (Å²) in [7, 11) is 1.58. The van der Waals surface area contributed by atoms with Gasteiger partial charge in [0.1, 0.15) is 5.75 Å². The third-order valence-electron chi connectivity index (χ3n) is 3.04. The van der Waals surface area contributed by atoms with Gasteiger partial charge in [-0.25, -0.2) is 4.79 Å². The second kappa shape index (κ2) is 6.88. The second-order valence-electron chi connectivity index (χ2n) is 5.05. The maximum atomic E-state index is 11.8. The lowest BCUT2D eigenvalue weighted by Gasteiger charge is -2.24. The summed E-state index contributed by atoms with van der Waals surface area (Å²) >= 11 is 3.39. The van der Waals surface area contributed by atoms with E-state index in [2.05, 4.69) is 15.9 Å². The van der Waals surface area contributed by atoms with Crippen LogP contribution in [-0.4, -0.2) is 25.5 Å². The van der Waals surface area contributed by atoms with E-state index in [0.717, 1.165) is 10.0 Å². The quantitative estimate of drug-likeness (QED) is 0.588. The Balaban J connectivity index is 2.93. The van der Waals surface area contributed by atoms with Gasteiger partial charge in [0, 0.05) is 6.42 Å². The molecule has 0 spiro atoms. The van der Waals surface area contributed by atoms with Crippen LogP contribution < -0.4 is 4.74 Å². The molecular formula is C15H19BrO4. The summed E-state index contributed by atoms with van der Waals surface area (Å²) in [6.07, 6.45) is 0.0939. The number of Topliss-reactive ketones (excluding diaryl/α,β-unsaturated/α-hetero) is 1. The van der Waals surface area contributed by atoms with Gasteiger partial charge in [-0.3, -0.25) is 4.79 Å². The van der Waals surface area contributed by atoms with E-state index in [-0.39, 0.29) is 13.0 Å². The SMILES string of the molecule is CCOC(=O)C(=O)CC(C)(C)c1ccc(Br)c(OC)c1. The van der Waals surface area contributed by atoms with Gasteiger partial charge in [-0.15, -0.1) is 0 Å². The van der Waals surface area contributed by atoms with E-state index >= 15 is 0 Å². The van der Waals surface area contributed by atoms with E-state index in [4.69, 9.17) is 9.47 Å². The van der Waals surface area contributed by atoms with Crippen LogP contribution in [0.15, 0.2) is 22.7 Å². The average Bonchev–Trinajstić information content (AvgIpc) is 2.38. The van der Waals surface area contributed by atoms with E-state index in [9.17, 15) is 9.59 Å². The molecule has 0 radical (unpaired) electrons. The van der Waals surface area contributed by atoms with Crippen LogP contribution >= 0.6 is 15.9 Å². The Morgan fingerprint density at radius 2 is 1.95 bits per heavy atom. The van der Waals surface area contributed by atoms with Crippen molar-refractivity contribution in [2.75, 3.05) is 13.7 Å². The van der Waals surface area contributed by atoms with Crippen LogP contribution in [-0.2, 0) is 19.7 Å². The number of ketones is 1. The van der Waals surface area contributed by atoms with Gasteiger partial charge < -0.3 is 9.47 Å². The fourth-order valence-corrected chi connectivity index (χ4v) is 2.28. The minimum atomic E-state index is -0.773. The van der Waals surface area contributed by atoms with Crippen LogP contribution in [0.25, 0.3) is 0 Å². The van der Waals surface area contributed by atoms with Crippen molar-refractivity contribution >= 4 is 27.7 Å². The molecular weight excluding hydrogens is 324 g/mol. The first kappa shape index (κ1) is 16.7. The van der Waals surface area contributed by atoms with Gasteiger partial charge in [0.15, 0.2) is 0 Å². The highest BCUT2D eigenvalue weighted by atomic mass is 79.9. The summed E-state index contributed by atoms with van der Waals surface area (Å²) < 4.78 is 10.8. The Labute approximate surface area is 127 Å². The van der Waals surface area contributed by atoms with Crippen LogP contribution in [0.3, 0.4) is 0 Å². The van der Waals surface area contributed by atoms with Crippen molar-refractivity contribution in [3.8, 4) is 5.75 Å². The Kier molecular flexibility index (Phi) is 5.74. The smallest absolute Gasteiger partial charge is 0.374 e. The molecule has 0 heterocycles. The Bertz CT molecular complexity index is 509. The minimum Gasteiger partial charge on any atom is -0.496 e. The molecule has 110 valence electrons. The number of esters is 1. The van der Waals surface area contributed by atoms with Gasteiger partial charge in [-0.05, 0) is 46.0 Å². The number of halogens is 1. The van der Waals surface area contributed by atoms with Crippen molar-refractivity contribution in [2.24, 2.45) is 0 Å². The molecule has 1 aromatic carbocycles. The molecule has 0 aliphatic carbocycles. The fraction of sp³-hybridized carbons (Fsp3) is 0.467. The van der Waals surface area contributed by atoms with E-state index in [0.29, 0.717) is 5.75 Å². The maximum absolute atomic E-state index is 11.8. The molecule has 0 unspecified atom stereocenters. The first-order valence-electron chi connectivity index (χ1n) is 6.35. The molecule has 4 nitrogen and oxygen atoms in total. The largest absolute Gasteiger partial charge is 0.496 e. The summed E-state index contributed by atoms with van der Waals surface area (Å²) in [5, 5.41) is 0. The van der Waals surface area contributed by atoms with Crippen molar-refractivity contribution in [3.05, 3.63) is 28.2 Å². The van der Waals surface area contributed by atoms with Crippen molar-refractivity contribution < 1.29 is 19.1 Å². The Morgan fingerprint density at radius 1 is 1.30 bits per heavy atom. The van der Waals surface area contributed by atoms with Crippen molar-refractivity contribution in [1.82, 2.24) is 0 Å². The highest BCUT2D eigenvalue weighted by molar-refractivity contribution is 9.10. The highest BCUT2D eigenvalue weighted by Crippen LogP contribution is 2.33. The predicted octanol–water partition coefficient (Wildman–Crippen LogP) is 3.26. The summed E-state index contributed by atoms with van der Waals surface area (Å²) in [5.41, 5.74) is 0.452. The molecule has 0 bridgehead atoms. The first-order chi connectivity index (χ1) is 9.31. The number of methoxy groups -OCH3 is 1. The van der Waals surface area contributed by atoms with Crippen molar-refractivity contribution in [3.63, 3.8) is 0 Å². The standard InChI is InChI=1S/C15H19BrO4/c1-5-20-14(18)12(17)9-15(2,3)10-6-7-11(16)13(8-10)19-4/h6-8H,5,9H2,1-4H3. The number of benzene rings is 1. The molecule has 1 aromatic rings. The molecule has 0 saturated heterocycles. The number of carbonyl (C=O) groups is 2. The molecule has 0 fully saturated rings. The van der Waals surface area contributed by atoms with Crippen LogP contribution in [0, 0.1) is 0 Å². The minimum absolute atomic E-state index is 0.0939. The molecule has 0 amide bonds. The lowest BCUT2D eigenvalue weighted by Crippen LogP contribution is -2.27. The summed E-state index contributed by atoms with van der Waals surface area (Å²) in [4.78, 5) is 23.3.